The Labute approximate surface area is 183 Å². The molecule has 0 bridgehead atoms. The number of aliphatic hydroxyl groups is 1. The van der Waals surface area contributed by atoms with E-state index in [4.69, 9.17) is 15.6 Å². The van der Waals surface area contributed by atoms with Gasteiger partial charge in [0.15, 0.2) is 6.29 Å². The number of anilines is 1. The van der Waals surface area contributed by atoms with Crippen molar-refractivity contribution in [2.45, 2.75) is 72.3 Å². The highest BCUT2D eigenvalue weighted by Crippen LogP contribution is 2.38. The van der Waals surface area contributed by atoms with Gasteiger partial charge in [-0.3, -0.25) is 9.69 Å². The Morgan fingerprint density at radius 2 is 1.81 bits per heavy atom. The van der Waals surface area contributed by atoms with Crippen molar-refractivity contribution in [1.82, 2.24) is 10.2 Å². The van der Waals surface area contributed by atoms with Crippen molar-refractivity contribution in [3.05, 3.63) is 41.7 Å². The minimum absolute atomic E-state index is 0.116. The number of hydrogen-bond acceptors (Lipinski definition) is 6. The SMILES string of the molecule is C=O.CC.CCC(C)O.Cc1ccc(N2C=C(C(N)=O)NC2N2CC(F)(F)C2C)cc1. The second kappa shape index (κ2) is 13.0. The first-order valence-electron chi connectivity index (χ1n) is 10.3. The first-order valence-corrected chi connectivity index (χ1v) is 10.3. The summed E-state index contributed by atoms with van der Waals surface area (Å²) < 4.78 is 27.0. The minimum Gasteiger partial charge on any atom is -0.393 e. The predicted octanol–water partition coefficient (Wildman–Crippen LogP) is 2.97. The average molecular weight is 443 g/mol. The lowest BCUT2D eigenvalue weighted by Gasteiger charge is -2.50. The molecular formula is C22H36F2N4O3. The Kier molecular flexibility index (Phi) is 12.0. The van der Waals surface area contributed by atoms with Crippen molar-refractivity contribution in [2.24, 2.45) is 5.73 Å². The van der Waals surface area contributed by atoms with Gasteiger partial charge in [0.25, 0.3) is 11.8 Å². The largest absolute Gasteiger partial charge is 0.393 e. The fourth-order valence-electron chi connectivity index (χ4n) is 2.71. The van der Waals surface area contributed by atoms with Crippen LogP contribution >= 0.6 is 0 Å². The van der Waals surface area contributed by atoms with Crippen LogP contribution in [0.2, 0.25) is 0 Å². The van der Waals surface area contributed by atoms with E-state index in [1.54, 1.807) is 22.9 Å². The van der Waals surface area contributed by atoms with Gasteiger partial charge < -0.3 is 25.9 Å². The third kappa shape index (κ3) is 7.59. The first kappa shape index (κ1) is 28.5. The zero-order valence-corrected chi connectivity index (χ0v) is 19.2. The number of nitrogens with one attached hydrogen (secondary N) is 1. The van der Waals surface area contributed by atoms with E-state index in [-0.39, 0.29) is 18.3 Å². The molecule has 31 heavy (non-hydrogen) atoms. The lowest BCUT2D eigenvalue weighted by molar-refractivity contribution is -0.192. The van der Waals surface area contributed by atoms with E-state index < -0.39 is 24.2 Å². The second-order valence-electron chi connectivity index (χ2n) is 7.03. The van der Waals surface area contributed by atoms with Crippen molar-refractivity contribution in [3.63, 3.8) is 0 Å². The predicted molar refractivity (Wildman–Crippen MR) is 119 cm³/mol. The Bertz CT molecular complexity index is 711. The van der Waals surface area contributed by atoms with Crippen LogP contribution in [0.1, 0.15) is 46.6 Å². The molecule has 7 nitrogen and oxygen atoms in total. The number of nitrogens with zero attached hydrogens (tertiary/aromatic N) is 2. The summed E-state index contributed by atoms with van der Waals surface area (Å²) in [5, 5.41) is 11.3. The van der Waals surface area contributed by atoms with Crippen molar-refractivity contribution < 1.29 is 23.5 Å². The Balaban J connectivity index is 0.000000867. The van der Waals surface area contributed by atoms with Crippen LogP contribution in [0.5, 0.6) is 0 Å². The van der Waals surface area contributed by atoms with Gasteiger partial charge in [0.05, 0.1) is 18.7 Å². The molecule has 3 rings (SSSR count). The number of likely N-dealkylation sites (tertiary alicyclic amines) is 1. The van der Waals surface area contributed by atoms with Crippen LogP contribution < -0.4 is 16.0 Å². The van der Waals surface area contributed by atoms with Crippen LogP contribution in [0, 0.1) is 6.92 Å². The Morgan fingerprint density at radius 3 is 2.16 bits per heavy atom. The average Bonchev–Trinajstić information content (AvgIpc) is 3.21. The number of benzene rings is 1. The number of amides is 1. The quantitative estimate of drug-likeness (QED) is 0.663. The molecule has 1 aromatic carbocycles. The normalized spacial score (nSPS) is 22.0. The standard InChI is InChI=1S/C15H18F2N4O.C4H10O.C2H6.CH2O/c1-9-3-5-11(6-4-9)20-7-12(13(18)22)19-14(20)21-8-15(16,17)10(21)2;1-3-4(2)5;2*1-2/h3-7,10,14,19H,8H2,1-2H3,(H2,18,22);4-5H,3H2,1-2H3;1-2H3;1H2. The smallest absolute Gasteiger partial charge is 0.275 e. The number of aryl methyl sites for hydroxylation is 1. The topological polar surface area (TPSA) is 98.9 Å². The van der Waals surface area contributed by atoms with E-state index in [2.05, 4.69) is 5.32 Å². The van der Waals surface area contributed by atoms with Crippen molar-refractivity contribution in [2.75, 3.05) is 11.4 Å². The molecule has 0 radical (unpaired) electrons. The Morgan fingerprint density at radius 1 is 1.32 bits per heavy atom. The molecule has 3 atom stereocenters. The molecule has 4 N–H and O–H groups in total. The summed E-state index contributed by atoms with van der Waals surface area (Å²) in [5.74, 6) is -3.32. The van der Waals surface area contributed by atoms with Crippen LogP contribution in [-0.2, 0) is 9.59 Å². The van der Waals surface area contributed by atoms with Crippen LogP contribution in [0.3, 0.4) is 0 Å². The highest BCUT2D eigenvalue weighted by atomic mass is 19.3. The molecule has 1 saturated heterocycles. The molecule has 2 aliphatic heterocycles. The summed E-state index contributed by atoms with van der Waals surface area (Å²) >= 11 is 0. The van der Waals surface area contributed by atoms with Crippen molar-refractivity contribution in [1.29, 1.82) is 0 Å². The number of hydrogen-bond donors (Lipinski definition) is 3. The molecule has 0 aromatic heterocycles. The van der Waals surface area contributed by atoms with Gasteiger partial charge >= 0.3 is 0 Å². The van der Waals surface area contributed by atoms with Gasteiger partial charge in [-0.25, -0.2) is 8.78 Å². The third-order valence-electron chi connectivity index (χ3n) is 4.82. The van der Waals surface area contributed by atoms with Gasteiger partial charge in [0, 0.05) is 11.9 Å². The summed E-state index contributed by atoms with van der Waals surface area (Å²) in [4.78, 5) is 22.8. The fourth-order valence-corrected chi connectivity index (χ4v) is 2.71. The second-order valence-corrected chi connectivity index (χ2v) is 7.03. The van der Waals surface area contributed by atoms with Gasteiger partial charge in [-0.15, -0.1) is 0 Å². The van der Waals surface area contributed by atoms with Crippen LogP contribution in [0.4, 0.5) is 14.5 Å². The Hall–Kier alpha value is -2.52. The van der Waals surface area contributed by atoms with Crippen LogP contribution in [-0.4, -0.2) is 53.6 Å². The number of rotatable bonds is 4. The molecule has 9 heteroatoms. The summed E-state index contributed by atoms with van der Waals surface area (Å²) in [6, 6.07) is 6.71. The summed E-state index contributed by atoms with van der Waals surface area (Å²) in [5.41, 5.74) is 7.42. The molecule has 1 amide bonds. The molecule has 1 fully saturated rings. The highest BCUT2D eigenvalue weighted by Gasteiger charge is 2.56. The molecule has 3 unspecified atom stereocenters. The van der Waals surface area contributed by atoms with Crippen LogP contribution in [0.25, 0.3) is 0 Å². The monoisotopic (exact) mass is 442 g/mol. The van der Waals surface area contributed by atoms with E-state index in [9.17, 15) is 13.6 Å². The van der Waals surface area contributed by atoms with Gasteiger partial charge in [-0.2, -0.15) is 0 Å². The van der Waals surface area contributed by atoms with E-state index in [0.717, 1.165) is 17.7 Å². The number of primary amides is 1. The lowest BCUT2D eigenvalue weighted by atomic mass is 10.0. The summed E-state index contributed by atoms with van der Waals surface area (Å²) in [7, 11) is 0. The summed E-state index contributed by atoms with van der Waals surface area (Å²) in [6.45, 7) is 12.8. The molecule has 176 valence electrons. The number of halogens is 2. The lowest BCUT2D eigenvalue weighted by Crippen LogP contribution is -2.71. The molecule has 2 heterocycles. The molecule has 0 saturated carbocycles. The summed E-state index contributed by atoms with van der Waals surface area (Å²) in [6.07, 6.45) is 1.77. The van der Waals surface area contributed by atoms with E-state index in [1.165, 1.54) is 6.92 Å². The fraction of sp³-hybridized carbons (Fsp3) is 0.545. The maximum absolute atomic E-state index is 13.5. The highest BCUT2D eigenvalue weighted by molar-refractivity contribution is 5.92. The third-order valence-corrected chi connectivity index (χ3v) is 4.82. The van der Waals surface area contributed by atoms with Gasteiger partial charge in [0.1, 0.15) is 12.5 Å². The maximum Gasteiger partial charge on any atom is 0.275 e. The van der Waals surface area contributed by atoms with Gasteiger partial charge in [0.2, 0.25) is 0 Å². The minimum atomic E-state index is -2.71. The number of nitrogens with two attached hydrogens (primary N) is 1. The molecule has 0 aliphatic carbocycles. The number of aliphatic hydroxyl groups excluding tert-OH is 1. The number of alkyl halides is 2. The van der Waals surface area contributed by atoms with Crippen molar-refractivity contribution >= 4 is 18.4 Å². The number of carbonyl (C=O) groups is 2. The zero-order valence-electron chi connectivity index (χ0n) is 19.2. The molecule has 0 spiro atoms. The van der Waals surface area contributed by atoms with E-state index in [0.29, 0.717) is 0 Å². The molecule has 2 aliphatic rings. The van der Waals surface area contributed by atoms with Crippen molar-refractivity contribution in [3.8, 4) is 0 Å². The van der Waals surface area contributed by atoms with Gasteiger partial charge in [-0.05, 0) is 39.3 Å². The molecular weight excluding hydrogens is 406 g/mol. The number of carbonyl (C=O) groups excluding carboxylic acids is 2. The molecule has 1 aromatic rings. The van der Waals surface area contributed by atoms with Gasteiger partial charge in [-0.1, -0.05) is 38.5 Å². The first-order chi connectivity index (χ1) is 14.6. The van der Waals surface area contributed by atoms with E-state index >= 15 is 0 Å². The van der Waals surface area contributed by atoms with Crippen LogP contribution in [0.15, 0.2) is 36.2 Å². The maximum atomic E-state index is 13.5. The van der Waals surface area contributed by atoms with E-state index in [1.807, 2.05) is 58.7 Å². The zero-order chi connectivity index (χ0) is 24.4.